The summed E-state index contributed by atoms with van der Waals surface area (Å²) < 4.78 is 0. The maximum absolute atomic E-state index is 13.0. The predicted molar refractivity (Wildman–Crippen MR) is 96.8 cm³/mol. The van der Waals surface area contributed by atoms with Crippen LogP contribution >= 0.6 is 0 Å². The van der Waals surface area contributed by atoms with Crippen molar-refractivity contribution >= 4 is 28.2 Å². The van der Waals surface area contributed by atoms with E-state index in [2.05, 4.69) is 4.98 Å². The van der Waals surface area contributed by atoms with Crippen molar-refractivity contribution < 1.29 is 9.72 Å². The van der Waals surface area contributed by atoms with Crippen molar-refractivity contribution in [2.45, 2.75) is 19.9 Å². The molecule has 0 spiro atoms. The predicted octanol–water partition coefficient (Wildman–Crippen LogP) is 4.20. The van der Waals surface area contributed by atoms with Crippen LogP contribution in [0.4, 0.5) is 11.5 Å². The van der Waals surface area contributed by atoms with Crippen molar-refractivity contribution in [3.63, 3.8) is 0 Å². The van der Waals surface area contributed by atoms with E-state index in [1.54, 1.807) is 11.1 Å². The number of carbonyl (C=O) groups is 1. The van der Waals surface area contributed by atoms with Crippen molar-refractivity contribution in [3.05, 3.63) is 76.5 Å². The second kappa shape index (κ2) is 6.68. The molecule has 0 atom stereocenters. The van der Waals surface area contributed by atoms with Crippen LogP contribution in [0, 0.1) is 10.1 Å². The molecule has 0 N–H and O–H groups in total. The Morgan fingerprint density at radius 1 is 1.08 bits per heavy atom. The minimum atomic E-state index is -0.485. The molecule has 3 aromatic rings. The third-order valence-electron chi connectivity index (χ3n) is 3.94. The van der Waals surface area contributed by atoms with Gasteiger partial charge in [0.15, 0.2) is 0 Å². The Labute approximate surface area is 144 Å². The van der Waals surface area contributed by atoms with Gasteiger partial charge in [-0.2, -0.15) is 0 Å². The van der Waals surface area contributed by atoms with Crippen LogP contribution in [0.3, 0.4) is 0 Å². The zero-order valence-corrected chi connectivity index (χ0v) is 13.9. The number of nitrogens with zero attached hydrogens (tertiary/aromatic N) is 3. The molecule has 0 fully saturated rings. The molecule has 1 aromatic heterocycles. The molecule has 25 heavy (non-hydrogen) atoms. The Morgan fingerprint density at radius 3 is 2.40 bits per heavy atom. The smallest absolute Gasteiger partial charge is 0.269 e. The second-order valence-electron chi connectivity index (χ2n) is 5.93. The highest BCUT2D eigenvalue weighted by atomic mass is 16.6. The lowest BCUT2D eigenvalue weighted by atomic mass is 10.1. The van der Waals surface area contributed by atoms with Crippen LogP contribution in [0.2, 0.25) is 0 Å². The number of benzene rings is 2. The van der Waals surface area contributed by atoms with Crippen molar-refractivity contribution in [1.82, 2.24) is 4.98 Å². The second-order valence-corrected chi connectivity index (χ2v) is 5.93. The topological polar surface area (TPSA) is 76.3 Å². The highest BCUT2D eigenvalue weighted by molar-refractivity contribution is 6.10. The third-order valence-corrected chi connectivity index (χ3v) is 3.94. The van der Waals surface area contributed by atoms with Gasteiger partial charge in [0.25, 0.3) is 11.6 Å². The van der Waals surface area contributed by atoms with Gasteiger partial charge in [-0.1, -0.05) is 24.3 Å². The fourth-order valence-corrected chi connectivity index (χ4v) is 2.74. The maximum Gasteiger partial charge on any atom is 0.269 e. The average molecular weight is 335 g/mol. The summed E-state index contributed by atoms with van der Waals surface area (Å²) in [4.78, 5) is 29.4. The molecular weight excluding hydrogens is 318 g/mol. The quantitative estimate of drug-likeness (QED) is 0.529. The summed E-state index contributed by atoms with van der Waals surface area (Å²) in [6.45, 7) is 3.82. The fraction of sp³-hybridized carbons (Fsp3) is 0.158. The van der Waals surface area contributed by atoms with E-state index in [-0.39, 0.29) is 17.6 Å². The van der Waals surface area contributed by atoms with Crippen molar-refractivity contribution in [2.75, 3.05) is 4.90 Å². The molecule has 1 heterocycles. The SMILES string of the molecule is CC(C)N(C(=O)c1ccc([N+](=O)[O-])cc1)c1nccc2ccccc12. The van der Waals surface area contributed by atoms with Gasteiger partial charge < -0.3 is 0 Å². The van der Waals surface area contributed by atoms with Gasteiger partial charge in [0.05, 0.1) is 4.92 Å². The van der Waals surface area contributed by atoms with E-state index >= 15 is 0 Å². The molecule has 1 amide bonds. The molecule has 0 aliphatic rings. The number of fused-ring (bicyclic) bond motifs is 1. The number of hydrogen-bond acceptors (Lipinski definition) is 4. The number of carbonyl (C=O) groups excluding carboxylic acids is 1. The normalized spacial score (nSPS) is 10.8. The molecule has 0 aliphatic heterocycles. The summed E-state index contributed by atoms with van der Waals surface area (Å²) in [6, 6.07) is 15.1. The van der Waals surface area contributed by atoms with E-state index in [1.165, 1.54) is 24.3 Å². The number of pyridine rings is 1. The molecule has 2 aromatic carbocycles. The summed E-state index contributed by atoms with van der Waals surface area (Å²) >= 11 is 0. The molecule has 126 valence electrons. The number of amides is 1. The van der Waals surface area contributed by atoms with E-state index < -0.39 is 4.92 Å². The molecule has 0 aliphatic carbocycles. The van der Waals surface area contributed by atoms with E-state index in [0.717, 1.165) is 10.8 Å². The fourth-order valence-electron chi connectivity index (χ4n) is 2.74. The van der Waals surface area contributed by atoms with Gasteiger partial charge in [-0.25, -0.2) is 4.98 Å². The molecule has 6 heteroatoms. The summed E-state index contributed by atoms with van der Waals surface area (Å²) in [5.74, 6) is 0.338. The Balaban J connectivity index is 2.06. The molecule has 3 rings (SSSR count). The standard InChI is InChI=1S/C19H17N3O3/c1-13(2)21(18-17-6-4-3-5-14(17)11-12-20-18)19(23)15-7-9-16(10-8-15)22(24)25/h3-13H,1-2H3. The van der Waals surface area contributed by atoms with Crippen LogP contribution in [-0.4, -0.2) is 21.9 Å². The van der Waals surface area contributed by atoms with Crippen LogP contribution in [0.1, 0.15) is 24.2 Å². The monoisotopic (exact) mass is 335 g/mol. The Kier molecular flexibility index (Phi) is 4.43. The Bertz CT molecular complexity index is 931. The van der Waals surface area contributed by atoms with Gasteiger partial charge in [0.2, 0.25) is 0 Å². The zero-order valence-electron chi connectivity index (χ0n) is 13.9. The number of anilines is 1. The molecule has 0 radical (unpaired) electrons. The number of hydrogen-bond donors (Lipinski definition) is 0. The van der Waals surface area contributed by atoms with Crippen LogP contribution in [-0.2, 0) is 0 Å². The summed E-state index contributed by atoms with van der Waals surface area (Å²) in [5, 5.41) is 12.7. The summed E-state index contributed by atoms with van der Waals surface area (Å²) in [5.41, 5.74) is 0.338. The number of non-ortho nitro benzene ring substituents is 1. The van der Waals surface area contributed by atoms with Crippen molar-refractivity contribution in [1.29, 1.82) is 0 Å². The van der Waals surface area contributed by atoms with E-state index in [4.69, 9.17) is 0 Å². The minimum absolute atomic E-state index is 0.0454. The first-order valence-electron chi connectivity index (χ1n) is 7.91. The molecule has 0 saturated carbocycles. The molecule has 0 saturated heterocycles. The van der Waals surface area contributed by atoms with Gasteiger partial charge >= 0.3 is 0 Å². The summed E-state index contributed by atoms with van der Waals surface area (Å²) in [7, 11) is 0. The van der Waals surface area contributed by atoms with Gasteiger partial charge in [0, 0.05) is 35.3 Å². The first kappa shape index (κ1) is 16.6. The highest BCUT2D eigenvalue weighted by Gasteiger charge is 2.24. The lowest BCUT2D eigenvalue weighted by molar-refractivity contribution is -0.384. The Hall–Kier alpha value is -3.28. The summed E-state index contributed by atoms with van der Waals surface area (Å²) in [6.07, 6.45) is 1.68. The van der Waals surface area contributed by atoms with Crippen LogP contribution < -0.4 is 4.90 Å². The number of nitro groups is 1. The van der Waals surface area contributed by atoms with Crippen molar-refractivity contribution in [2.24, 2.45) is 0 Å². The zero-order chi connectivity index (χ0) is 18.0. The molecule has 0 unspecified atom stereocenters. The third kappa shape index (κ3) is 3.19. The number of nitro benzene ring substituents is 1. The van der Waals surface area contributed by atoms with Crippen LogP contribution in [0.15, 0.2) is 60.8 Å². The average Bonchev–Trinajstić information content (AvgIpc) is 2.62. The number of aromatic nitrogens is 1. The molecule has 0 bridgehead atoms. The lowest BCUT2D eigenvalue weighted by Crippen LogP contribution is -2.37. The highest BCUT2D eigenvalue weighted by Crippen LogP contribution is 2.27. The first-order chi connectivity index (χ1) is 12.0. The van der Waals surface area contributed by atoms with Gasteiger partial charge in [-0.15, -0.1) is 0 Å². The Morgan fingerprint density at radius 2 is 1.76 bits per heavy atom. The molecule has 6 nitrogen and oxygen atoms in total. The van der Waals surface area contributed by atoms with E-state index in [1.807, 2.05) is 44.2 Å². The maximum atomic E-state index is 13.0. The van der Waals surface area contributed by atoms with E-state index in [9.17, 15) is 14.9 Å². The minimum Gasteiger partial charge on any atom is -0.290 e. The molecular formula is C19H17N3O3. The largest absolute Gasteiger partial charge is 0.290 e. The van der Waals surface area contributed by atoms with E-state index in [0.29, 0.717) is 11.4 Å². The lowest BCUT2D eigenvalue weighted by Gasteiger charge is -2.27. The van der Waals surface area contributed by atoms with Gasteiger partial charge in [0.1, 0.15) is 5.82 Å². The number of rotatable bonds is 4. The van der Waals surface area contributed by atoms with Gasteiger partial charge in [-0.3, -0.25) is 19.8 Å². The van der Waals surface area contributed by atoms with Crippen LogP contribution in [0.25, 0.3) is 10.8 Å². The van der Waals surface area contributed by atoms with Crippen LogP contribution in [0.5, 0.6) is 0 Å². The first-order valence-corrected chi connectivity index (χ1v) is 7.91. The van der Waals surface area contributed by atoms with Gasteiger partial charge in [-0.05, 0) is 37.4 Å². The van der Waals surface area contributed by atoms with Crippen molar-refractivity contribution in [3.8, 4) is 0 Å².